The largest absolute Gasteiger partial charge is 0.426 e. The molecule has 0 unspecified atom stereocenters. The van der Waals surface area contributed by atoms with Crippen LogP contribution >= 0.6 is 0 Å². The minimum atomic E-state index is -0.154. The van der Waals surface area contributed by atoms with E-state index in [2.05, 4.69) is 26.8 Å². The molecule has 0 fully saturated rings. The highest BCUT2D eigenvalue weighted by Gasteiger charge is 2.15. The van der Waals surface area contributed by atoms with Gasteiger partial charge in [-0.1, -0.05) is 39.8 Å². The van der Waals surface area contributed by atoms with E-state index in [4.69, 9.17) is 4.74 Å². The summed E-state index contributed by atoms with van der Waals surface area (Å²) in [5, 5.41) is 0. The molecule has 0 aromatic heterocycles. The number of esters is 1. The van der Waals surface area contributed by atoms with Crippen molar-refractivity contribution in [1.29, 1.82) is 0 Å². The van der Waals surface area contributed by atoms with Gasteiger partial charge in [-0.05, 0) is 36.0 Å². The minimum absolute atomic E-state index is 0.122. The van der Waals surface area contributed by atoms with E-state index in [1.54, 1.807) is 0 Å². The molecule has 2 heteroatoms. The van der Waals surface area contributed by atoms with Crippen LogP contribution in [0.5, 0.6) is 5.75 Å². The average Bonchev–Trinajstić information content (AvgIpc) is 2.20. The zero-order chi connectivity index (χ0) is 13.1. The molecule has 0 aliphatic heterocycles. The normalized spacial score (nSPS) is 11.4. The van der Waals surface area contributed by atoms with Crippen LogP contribution in [0.3, 0.4) is 0 Å². The van der Waals surface area contributed by atoms with E-state index in [9.17, 15) is 4.79 Å². The van der Waals surface area contributed by atoms with Crippen LogP contribution < -0.4 is 4.74 Å². The van der Waals surface area contributed by atoms with Crippen LogP contribution in [0.15, 0.2) is 18.2 Å². The predicted molar refractivity (Wildman–Crippen MR) is 70.4 cm³/mol. The molecule has 0 saturated carbocycles. The van der Waals surface area contributed by atoms with E-state index in [-0.39, 0.29) is 11.4 Å². The van der Waals surface area contributed by atoms with Crippen LogP contribution in [0.4, 0.5) is 0 Å². The summed E-state index contributed by atoms with van der Waals surface area (Å²) in [5.74, 6) is 0.524. The molecule has 2 nitrogen and oxygen atoms in total. The summed E-state index contributed by atoms with van der Waals surface area (Å²) in [6, 6.07) is 6.01. The highest BCUT2D eigenvalue weighted by atomic mass is 16.5. The maximum atomic E-state index is 11.4. The van der Waals surface area contributed by atoms with Crippen LogP contribution in [0.2, 0.25) is 0 Å². The summed E-state index contributed by atoms with van der Waals surface area (Å²) in [6.45, 7) is 10.5. The zero-order valence-electron chi connectivity index (χ0n) is 11.5. The molecule has 0 heterocycles. The third-order valence-electron chi connectivity index (χ3n) is 2.72. The van der Waals surface area contributed by atoms with Crippen LogP contribution in [0.25, 0.3) is 0 Å². The number of carbonyl (C=O) groups excluding carboxylic acids is 1. The smallest absolute Gasteiger partial charge is 0.311 e. The van der Waals surface area contributed by atoms with Crippen molar-refractivity contribution < 1.29 is 9.53 Å². The molecule has 0 atom stereocenters. The molecule has 0 saturated heterocycles. The predicted octanol–water partition coefficient (Wildman–Crippen LogP) is 4.00. The molecule has 0 amide bonds. The molecule has 1 rings (SSSR count). The Labute approximate surface area is 104 Å². The monoisotopic (exact) mass is 234 g/mol. The van der Waals surface area contributed by atoms with Crippen molar-refractivity contribution in [2.45, 2.75) is 52.9 Å². The fourth-order valence-corrected chi connectivity index (χ4v) is 1.61. The van der Waals surface area contributed by atoms with Crippen molar-refractivity contribution in [3.8, 4) is 5.75 Å². The lowest BCUT2D eigenvalue weighted by Gasteiger charge is -2.20. The molecular weight excluding hydrogens is 212 g/mol. The van der Waals surface area contributed by atoms with Gasteiger partial charge >= 0.3 is 5.97 Å². The quantitative estimate of drug-likeness (QED) is 0.583. The molecule has 1 aromatic rings. The summed E-state index contributed by atoms with van der Waals surface area (Å²) in [7, 11) is 0. The maximum Gasteiger partial charge on any atom is 0.311 e. The van der Waals surface area contributed by atoms with Gasteiger partial charge in [0, 0.05) is 6.42 Å². The first-order valence-electron chi connectivity index (χ1n) is 6.16. The van der Waals surface area contributed by atoms with Crippen molar-refractivity contribution in [2.24, 2.45) is 0 Å². The Kier molecular flexibility index (Phi) is 4.33. The molecule has 0 N–H and O–H groups in total. The summed E-state index contributed by atoms with van der Waals surface area (Å²) in [5.41, 5.74) is 2.39. The van der Waals surface area contributed by atoms with Crippen LogP contribution in [0.1, 0.15) is 51.7 Å². The van der Waals surface area contributed by atoms with Gasteiger partial charge in [0.1, 0.15) is 5.75 Å². The van der Waals surface area contributed by atoms with Gasteiger partial charge in [0.25, 0.3) is 0 Å². The molecule has 17 heavy (non-hydrogen) atoms. The van der Waals surface area contributed by atoms with Gasteiger partial charge < -0.3 is 4.74 Å². The van der Waals surface area contributed by atoms with Crippen molar-refractivity contribution in [3.05, 3.63) is 29.3 Å². The van der Waals surface area contributed by atoms with Gasteiger partial charge in [-0.15, -0.1) is 0 Å². The Hall–Kier alpha value is -1.31. The number of rotatable bonds is 3. The van der Waals surface area contributed by atoms with E-state index in [0.717, 1.165) is 12.0 Å². The SMILES string of the molecule is CCCC(=O)Oc1ccc(C(C)(C)C)cc1C. The summed E-state index contributed by atoms with van der Waals surface area (Å²) in [6.07, 6.45) is 1.29. The number of hydrogen-bond acceptors (Lipinski definition) is 2. The molecule has 1 aromatic carbocycles. The Morgan fingerprint density at radius 3 is 2.41 bits per heavy atom. The lowest BCUT2D eigenvalue weighted by atomic mass is 9.86. The van der Waals surface area contributed by atoms with E-state index >= 15 is 0 Å². The molecule has 0 aliphatic carbocycles. The topological polar surface area (TPSA) is 26.3 Å². The number of carbonyl (C=O) groups is 1. The molecular formula is C15H22O2. The molecule has 0 spiro atoms. The van der Waals surface area contributed by atoms with E-state index in [0.29, 0.717) is 12.2 Å². The maximum absolute atomic E-state index is 11.4. The van der Waals surface area contributed by atoms with Crippen molar-refractivity contribution >= 4 is 5.97 Å². The number of hydrogen-bond donors (Lipinski definition) is 0. The molecule has 0 radical (unpaired) electrons. The van der Waals surface area contributed by atoms with Gasteiger partial charge in [-0.3, -0.25) is 4.79 Å². The lowest BCUT2D eigenvalue weighted by molar-refractivity contribution is -0.134. The second-order valence-electron chi connectivity index (χ2n) is 5.45. The summed E-state index contributed by atoms with van der Waals surface area (Å²) in [4.78, 5) is 11.4. The first-order chi connectivity index (χ1) is 7.84. The Balaban J connectivity index is 2.87. The third-order valence-corrected chi connectivity index (χ3v) is 2.72. The summed E-state index contributed by atoms with van der Waals surface area (Å²) >= 11 is 0. The zero-order valence-corrected chi connectivity index (χ0v) is 11.5. The second-order valence-corrected chi connectivity index (χ2v) is 5.45. The highest BCUT2D eigenvalue weighted by Crippen LogP contribution is 2.27. The van der Waals surface area contributed by atoms with Crippen molar-refractivity contribution in [3.63, 3.8) is 0 Å². The Morgan fingerprint density at radius 2 is 1.94 bits per heavy atom. The van der Waals surface area contributed by atoms with Gasteiger partial charge in [0.15, 0.2) is 0 Å². The van der Waals surface area contributed by atoms with Crippen molar-refractivity contribution in [1.82, 2.24) is 0 Å². The number of ether oxygens (including phenoxy) is 1. The first kappa shape index (κ1) is 13.8. The van der Waals surface area contributed by atoms with E-state index in [1.807, 2.05) is 26.0 Å². The van der Waals surface area contributed by atoms with Gasteiger partial charge in [-0.25, -0.2) is 0 Å². The number of benzene rings is 1. The fraction of sp³-hybridized carbons (Fsp3) is 0.533. The summed E-state index contributed by atoms with van der Waals surface area (Å²) < 4.78 is 5.31. The lowest BCUT2D eigenvalue weighted by Crippen LogP contribution is -2.12. The molecule has 0 aliphatic rings. The molecule has 94 valence electrons. The average molecular weight is 234 g/mol. The van der Waals surface area contributed by atoms with Gasteiger partial charge in [0.2, 0.25) is 0 Å². The van der Waals surface area contributed by atoms with Crippen LogP contribution in [-0.2, 0) is 10.2 Å². The Morgan fingerprint density at radius 1 is 1.29 bits per heavy atom. The molecule has 0 bridgehead atoms. The number of aryl methyl sites for hydroxylation is 1. The second kappa shape index (κ2) is 5.35. The van der Waals surface area contributed by atoms with Crippen LogP contribution in [-0.4, -0.2) is 5.97 Å². The third kappa shape index (κ3) is 3.88. The van der Waals surface area contributed by atoms with Gasteiger partial charge in [-0.2, -0.15) is 0 Å². The Bertz CT molecular complexity index is 400. The highest BCUT2D eigenvalue weighted by molar-refractivity contribution is 5.72. The minimum Gasteiger partial charge on any atom is -0.426 e. The van der Waals surface area contributed by atoms with Crippen molar-refractivity contribution in [2.75, 3.05) is 0 Å². The van der Waals surface area contributed by atoms with Crippen LogP contribution in [0, 0.1) is 6.92 Å². The van der Waals surface area contributed by atoms with E-state index in [1.165, 1.54) is 5.56 Å². The van der Waals surface area contributed by atoms with E-state index < -0.39 is 0 Å². The first-order valence-corrected chi connectivity index (χ1v) is 6.16. The van der Waals surface area contributed by atoms with Gasteiger partial charge in [0.05, 0.1) is 0 Å². The standard InChI is InChI=1S/C15H22O2/c1-6-7-14(16)17-13-9-8-12(10-11(13)2)15(3,4)5/h8-10H,6-7H2,1-5H3. The fourth-order valence-electron chi connectivity index (χ4n) is 1.61.